The minimum absolute atomic E-state index is 0.246. The number of aromatic nitrogens is 1. The van der Waals surface area contributed by atoms with E-state index in [1.54, 1.807) is 23.1 Å². The summed E-state index contributed by atoms with van der Waals surface area (Å²) in [4.78, 5) is 19.0. The number of thioether (sulfide) groups is 1. The largest absolute Gasteiger partial charge is 0.342 e. The Morgan fingerprint density at radius 1 is 1.39 bits per heavy atom. The van der Waals surface area contributed by atoms with Gasteiger partial charge in [-0.3, -0.25) is 4.79 Å². The van der Waals surface area contributed by atoms with Crippen LogP contribution in [0.1, 0.15) is 19.8 Å². The first-order chi connectivity index (χ1) is 11.3. The van der Waals surface area contributed by atoms with Crippen molar-refractivity contribution in [2.24, 2.45) is 5.92 Å². The van der Waals surface area contributed by atoms with Crippen LogP contribution >= 0.6 is 23.1 Å². The molecule has 0 saturated carbocycles. The van der Waals surface area contributed by atoms with Crippen LogP contribution in [-0.2, 0) is 4.79 Å². The Hall–Kier alpha value is -1.11. The molecule has 3 rings (SSSR count). The van der Waals surface area contributed by atoms with Gasteiger partial charge in [-0.2, -0.15) is 0 Å². The van der Waals surface area contributed by atoms with Crippen molar-refractivity contribution in [1.29, 1.82) is 0 Å². The number of rotatable bonds is 6. The smallest absolute Gasteiger partial charge is 0.233 e. The van der Waals surface area contributed by atoms with E-state index >= 15 is 0 Å². The molecule has 0 radical (unpaired) electrons. The predicted molar refractivity (Wildman–Crippen MR) is 98.2 cm³/mol. The lowest BCUT2D eigenvalue weighted by Crippen LogP contribution is -2.41. The molecule has 0 atom stereocenters. The van der Waals surface area contributed by atoms with Gasteiger partial charge >= 0.3 is 0 Å². The zero-order valence-corrected chi connectivity index (χ0v) is 15.1. The van der Waals surface area contributed by atoms with Gasteiger partial charge in [0.15, 0.2) is 4.34 Å². The highest BCUT2D eigenvalue weighted by Crippen LogP contribution is 2.29. The van der Waals surface area contributed by atoms with E-state index in [4.69, 9.17) is 0 Å². The number of carbonyl (C=O) groups is 1. The van der Waals surface area contributed by atoms with Gasteiger partial charge < -0.3 is 10.2 Å². The number of carbonyl (C=O) groups excluding carboxylic acids is 1. The summed E-state index contributed by atoms with van der Waals surface area (Å²) < 4.78 is 2.17. The molecule has 1 aromatic carbocycles. The van der Waals surface area contributed by atoms with Gasteiger partial charge in [0.2, 0.25) is 5.91 Å². The molecule has 2 heterocycles. The first-order valence-corrected chi connectivity index (χ1v) is 10.0. The Bertz CT molecular complexity index is 617. The highest BCUT2D eigenvalue weighted by molar-refractivity contribution is 8.01. The minimum atomic E-state index is 0.246. The van der Waals surface area contributed by atoms with Crippen molar-refractivity contribution in [2.75, 3.05) is 31.9 Å². The maximum absolute atomic E-state index is 12.4. The van der Waals surface area contributed by atoms with Crippen molar-refractivity contribution < 1.29 is 4.79 Å². The molecule has 124 valence electrons. The second-order valence-electron chi connectivity index (χ2n) is 5.87. The number of para-hydroxylation sites is 1. The fraction of sp³-hybridized carbons (Fsp3) is 0.529. The van der Waals surface area contributed by atoms with Crippen molar-refractivity contribution in [3.63, 3.8) is 0 Å². The third-order valence-corrected chi connectivity index (χ3v) is 6.41. The highest BCUT2D eigenvalue weighted by atomic mass is 32.2. The fourth-order valence-electron chi connectivity index (χ4n) is 2.86. The topological polar surface area (TPSA) is 45.2 Å². The molecule has 0 bridgehead atoms. The van der Waals surface area contributed by atoms with Gasteiger partial charge in [0.1, 0.15) is 0 Å². The lowest BCUT2D eigenvalue weighted by molar-refractivity contribution is -0.129. The van der Waals surface area contributed by atoms with Crippen LogP contribution in [0, 0.1) is 5.92 Å². The lowest BCUT2D eigenvalue weighted by atomic mass is 9.97. The lowest BCUT2D eigenvalue weighted by Gasteiger charge is -2.32. The van der Waals surface area contributed by atoms with Gasteiger partial charge in [0.25, 0.3) is 0 Å². The zero-order valence-electron chi connectivity index (χ0n) is 13.5. The Morgan fingerprint density at radius 3 is 2.91 bits per heavy atom. The van der Waals surface area contributed by atoms with E-state index < -0.39 is 0 Å². The molecule has 1 N–H and O–H groups in total. The maximum atomic E-state index is 12.4. The van der Waals surface area contributed by atoms with Gasteiger partial charge in [-0.05, 0) is 44.0 Å². The average Bonchev–Trinajstić information content (AvgIpc) is 3.01. The van der Waals surface area contributed by atoms with Gasteiger partial charge in [-0.15, -0.1) is 11.3 Å². The summed E-state index contributed by atoms with van der Waals surface area (Å²) in [5.41, 5.74) is 1.02. The number of nitrogens with zero attached hydrogens (tertiary/aromatic N) is 2. The molecular formula is C17H23N3OS2. The summed E-state index contributed by atoms with van der Waals surface area (Å²) in [6.45, 7) is 6.04. The summed E-state index contributed by atoms with van der Waals surface area (Å²) in [6.07, 6.45) is 2.23. The first-order valence-electron chi connectivity index (χ1n) is 8.23. The van der Waals surface area contributed by atoms with Gasteiger partial charge in [0, 0.05) is 13.1 Å². The van der Waals surface area contributed by atoms with E-state index in [0.29, 0.717) is 5.75 Å². The number of nitrogens with one attached hydrogen (secondary N) is 1. The number of piperidine rings is 1. The van der Waals surface area contributed by atoms with Crippen LogP contribution in [-0.4, -0.2) is 47.7 Å². The Morgan fingerprint density at radius 2 is 2.17 bits per heavy atom. The Labute approximate surface area is 145 Å². The molecule has 1 aliphatic heterocycles. The molecule has 0 unspecified atom stereocenters. The summed E-state index contributed by atoms with van der Waals surface area (Å²) in [5.74, 6) is 1.46. The fourth-order valence-corrected chi connectivity index (χ4v) is 4.83. The van der Waals surface area contributed by atoms with E-state index in [9.17, 15) is 4.79 Å². The van der Waals surface area contributed by atoms with Crippen LogP contribution in [0.4, 0.5) is 0 Å². The number of benzene rings is 1. The molecule has 23 heavy (non-hydrogen) atoms. The second-order valence-corrected chi connectivity index (χ2v) is 8.12. The molecule has 4 nitrogen and oxygen atoms in total. The molecule has 0 aliphatic carbocycles. The molecular weight excluding hydrogens is 326 g/mol. The van der Waals surface area contributed by atoms with Crippen LogP contribution in [0.5, 0.6) is 0 Å². The van der Waals surface area contributed by atoms with Crippen LogP contribution in [0.15, 0.2) is 28.6 Å². The molecule has 1 saturated heterocycles. The number of thiazole rings is 1. The van der Waals surface area contributed by atoms with Crippen LogP contribution in [0.2, 0.25) is 0 Å². The minimum Gasteiger partial charge on any atom is -0.342 e. The monoisotopic (exact) mass is 349 g/mol. The van der Waals surface area contributed by atoms with Gasteiger partial charge in [0.05, 0.1) is 16.0 Å². The second kappa shape index (κ2) is 8.13. The molecule has 0 spiro atoms. The van der Waals surface area contributed by atoms with Crippen molar-refractivity contribution in [3.8, 4) is 0 Å². The summed E-state index contributed by atoms with van der Waals surface area (Å²) in [7, 11) is 0. The summed E-state index contributed by atoms with van der Waals surface area (Å²) in [5, 5.41) is 3.41. The molecule has 1 fully saturated rings. The summed E-state index contributed by atoms with van der Waals surface area (Å²) >= 11 is 3.23. The predicted octanol–water partition coefficient (Wildman–Crippen LogP) is 3.24. The molecule has 1 aromatic heterocycles. The normalized spacial score (nSPS) is 16.1. The van der Waals surface area contributed by atoms with E-state index in [1.807, 2.05) is 23.1 Å². The first kappa shape index (κ1) is 16.7. The number of fused-ring (bicyclic) bond motifs is 1. The van der Waals surface area contributed by atoms with Gasteiger partial charge in [-0.25, -0.2) is 4.98 Å². The average molecular weight is 350 g/mol. The molecule has 6 heteroatoms. The van der Waals surface area contributed by atoms with Gasteiger partial charge in [-0.1, -0.05) is 30.8 Å². The van der Waals surface area contributed by atoms with E-state index in [-0.39, 0.29) is 5.91 Å². The van der Waals surface area contributed by atoms with E-state index in [1.165, 1.54) is 4.70 Å². The molecule has 1 aliphatic rings. The third kappa shape index (κ3) is 4.46. The standard InChI is InChI=1S/C17H23N3OS2/c1-2-18-11-13-7-9-20(10-8-13)16(21)12-22-17-19-14-5-3-4-6-15(14)23-17/h3-6,13,18H,2,7-12H2,1H3. The van der Waals surface area contributed by atoms with Crippen molar-refractivity contribution >= 4 is 39.2 Å². The third-order valence-electron chi connectivity index (χ3n) is 4.24. The summed E-state index contributed by atoms with van der Waals surface area (Å²) in [6, 6.07) is 8.12. The van der Waals surface area contributed by atoms with E-state index in [0.717, 1.165) is 54.8 Å². The quantitative estimate of drug-likeness (QED) is 0.813. The molecule has 2 aromatic rings. The van der Waals surface area contributed by atoms with Crippen molar-refractivity contribution in [3.05, 3.63) is 24.3 Å². The van der Waals surface area contributed by atoms with Crippen LogP contribution < -0.4 is 5.32 Å². The number of amides is 1. The van der Waals surface area contributed by atoms with E-state index in [2.05, 4.69) is 23.3 Å². The van der Waals surface area contributed by atoms with Crippen molar-refractivity contribution in [1.82, 2.24) is 15.2 Å². The SMILES string of the molecule is CCNCC1CCN(C(=O)CSc2nc3ccccc3s2)CC1. The van der Waals surface area contributed by atoms with Crippen LogP contribution in [0.3, 0.4) is 0 Å². The van der Waals surface area contributed by atoms with Crippen molar-refractivity contribution in [2.45, 2.75) is 24.1 Å². The number of hydrogen-bond donors (Lipinski definition) is 1. The Kier molecular flexibility index (Phi) is 5.91. The number of hydrogen-bond acceptors (Lipinski definition) is 5. The zero-order chi connectivity index (χ0) is 16.1. The van der Waals surface area contributed by atoms with Crippen LogP contribution in [0.25, 0.3) is 10.2 Å². The number of likely N-dealkylation sites (tertiary alicyclic amines) is 1. The maximum Gasteiger partial charge on any atom is 0.233 e. The highest BCUT2D eigenvalue weighted by Gasteiger charge is 2.22. The Balaban J connectivity index is 1.46. The molecule has 1 amide bonds.